The van der Waals surface area contributed by atoms with Crippen LogP contribution in [-0.4, -0.2) is 11.7 Å². The SMILES string of the molecule is Cc1ccc(CNC(=O)C(C#N)C(=O)CCc2ccsc2)cc1. The number of thiophene rings is 1. The van der Waals surface area contributed by atoms with E-state index in [1.807, 2.05) is 54.1 Å². The summed E-state index contributed by atoms with van der Waals surface area (Å²) >= 11 is 1.56. The molecule has 23 heavy (non-hydrogen) atoms. The molecule has 0 fully saturated rings. The van der Waals surface area contributed by atoms with Crippen molar-refractivity contribution < 1.29 is 9.59 Å². The van der Waals surface area contributed by atoms with Crippen molar-refractivity contribution in [3.05, 3.63) is 57.8 Å². The van der Waals surface area contributed by atoms with Crippen LogP contribution in [0.15, 0.2) is 41.1 Å². The highest BCUT2D eigenvalue weighted by atomic mass is 32.1. The highest BCUT2D eigenvalue weighted by Crippen LogP contribution is 2.11. The quantitative estimate of drug-likeness (QED) is 0.795. The lowest BCUT2D eigenvalue weighted by molar-refractivity contribution is -0.131. The minimum atomic E-state index is -1.24. The largest absolute Gasteiger partial charge is 0.350 e. The summed E-state index contributed by atoms with van der Waals surface area (Å²) in [6.07, 6.45) is 0.763. The van der Waals surface area contributed by atoms with Crippen LogP contribution in [0.5, 0.6) is 0 Å². The number of carbonyl (C=O) groups is 2. The Morgan fingerprint density at radius 2 is 1.96 bits per heavy atom. The molecule has 0 aliphatic rings. The number of carbonyl (C=O) groups excluding carboxylic acids is 2. The minimum absolute atomic E-state index is 0.201. The number of nitrogens with zero attached hydrogens (tertiary/aromatic N) is 1. The highest BCUT2D eigenvalue weighted by Gasteiger charge is 2.25. The lowest BCUT2D eigenvalue weighted by Gasteiger charge is -2.09. The van der Waals surface area contributed by atoms with Crippen LogP contribution in [0.3, 0.4) is 0 Å². The number of benzene rings is 1. The first-order valence-electron chi connectivity index (χ1n) is 7.37. The third kappa shape index (κ3) is 5.04. The Morgan fingerprint density at radius 1 is 1.22 bits per heavy atom. The Labute approximate surface area is 139 Å². The molecule has 1 N–H and O–H groups in total. The predicted octanol–water partition coefficient (Wildman–Crippen LogP) is 3.01. The number of ketones is 1. The van der Waals surface area contributed by atoms with Gasteiger partial charge in [-0.1, -0.05) is 29.8 Å². The zero-order valence-corrected chi connectivity index (χ0v) is 13.7. The van der Waals surface area contributed by atoms with E-state index >= 15 is 0 Å². The summed E-state index contributed by atoms with van der Waals surface area (Å²) in [5, 5.41) is 15.7. The fourth-order valence-corrected chi connectivity index (χ4v) is 2.82. The van der Waals surface area contributed by atoms with E-state index in [4.69, 9.17) is 5.26 Å². The Bertz CT molecular complexity index is 700. The van der Waals surface area contributed by atoms with Gasteiger partial charge in [-0.2, -0.15) is 16.6 Å². The maximum Gasteiger partial charge on any atom is 0.245 e. The van der Waals surface area contributed by atoms with Gasteiger partial charge in [0.15, 0.2) is 11.7 Å². The Hall–Kier alpha value is -2.45. The molecule has 1 aromatic heterocycles. The van der Waals surface area contributed by atoms with Crippen LogP contribution in [0, 0.1) is 24.2 Å². The number of aryl methyl sites for hydroxylation is 2. The average Bonchev–Trinajstić information content (AvgIpc) is 3.06. The van der Waals surface area contributed by atoms with Crippen molar-refractivity contribution in [2.45, 2.75) is 26.3 Å². The molecule has 0 radical (unpaired) electrons. The number of hydrogen-bond acceptors (Lipinski definition) is 4. The zero-order valence-electron chi connectivity index (χ0n) is 12.9. The predicted molar refractivity (Wildman–Crippen MR) is 89.8 cm³/mol. The summed E-state index contributed by atoms with van der Waals surface area (Å²) in [6.45, 7) is 2.30. The van der Waals surface area contributed by atoms with Crippen molar-refractivity contribution in [1.82, 2.24) is 5.32 Å². The topological polar surface area (TPSA) is 70.0 Å². The van der Waals surface area contributed by atoms with Crippen LogP contribution in [0.4, 0.5) is 0 Å². The van der Waals surface area contributed by atoms with Crippen molar-refractivity contribution in [2.24, 2.45) is 5.92 Å². The summed E-state index contributed by atoms with van der Waals surface area (Å²) < 4.78 is 0. The molecule has 0 aliphatic heterocycles. The molecule has 1 unspecified atom stereocenters. The molecule has 118 valence electrons. The van der Waals surface area contributed by atoms with E-state index < -0.39 is 11.8 Å². The molecule has 0 spiro atoms. The molecule has 2 rings (SSSR count). The molecule has 2 aromatic rings. The highest BCUT2D eigenvalue weighted by molar-refractivity contribution is 7.07. The minimum Gasteiger partial charge on any atom is -0.350 e. The van der Waals surface area contributed by atoms with Gasteiger partial charge in [0.1, 0.15) is 0 Å². The number of nitrogens with one attached hydrogen (secondary N) is 1. The van der Waals surface area contributed by atoms with Gasteiger partial charge < -0.3 is 5.32 Å². The Balaban J connectivity index is 1.86. The van der Waals surface area contributed by atoms with Gasteiger partial charge in [0.2, 0.25) is 5.91 Å². The number of rotatable bonds is 7. The van der Waals surface area contributed by atoms with Crippen molar-refractivity contribution in [2.75, 3.05) is 0 Å². The first-order chi connectivity index (χ1) is 11.1. The van der Waals surface area contributed by atoms with Gasteiger partial charge in [-0.15, -0.1) is 0 Å². The second-order valence-electron chi connectivity index (χ2n) is 5.36. The molecule has 1 aromatic carbocycles. The van der Waals surface area contributed by atoms with Crippen molar-refractivity contribution in [3.63, 3.8) is 0 Å². The molecule has 5 heteroatoms. The maximum atomic E-state index is 12.1. The molecular weight excluding hydrogens is 308 g/mol. The van der Waals surface area contributed by atoms with Gasteiger partial charge in [-0.25, -0.2) is 0 Å². The Kier molecular flexibility index (Phi) is 6.07. The number of hydrogen-bond donors (Lipinski definition) is 1. The van der Waals surface area contributed by atoms with Crippen LogP contribution in [0.2, 0.25) is 0 Å². The molecule has 0 bridgehead atoms. The van der Waals surface area contributed by atoms with E-state index in [-0.39, 0.29) is 12.2 Å². The molecule has 0 saturated heterocycles. The number of amides is 1. The van der Waals surface area contributed by atoms with E-state index in [1.54, 1.807) is 11.3 Å². The number of Topliss-reactive ketones (excluding diaryl/α,β-unsaturated/α-hetero) is 1. The van der Waals surface area contributed by atoms with Crippen molar-refractivity contribution >= 4 is 23.0 Å². The van der Waals surface area contributed by atoms with E-state index in [0.717, 1.165) is 16.7 Å². The average molecular weight is 326 g/mol. The van der Waals surface area contributed by atoms with Gasteiger partial charge >= 0.3 is 0 Å². The van der Waals surface area contributed by atoms with Gasteiger partial charge in [-0.05, 0) is 41.3 Å². The van der Waals surface area contributed by atoms with Crippen molar-refractivity contribution in [3.8, 4) is 6.07 Å². The lowest BCUT2D eigenvalue weighted by atomic mass is 9.99. The monoisotopic (exact) mass is 326 g/mol. The standard InChI is InChI=1S/C18H18N2O2S/c1-13-2-4-14(5-3-13)11-20-18(22)16(10-19)17(21)7-6-15-8-9-23-12-15/h2-5,8-9,12,16H,6-7,11H2,1H3,(H,20,22). The van der Waals surface area contributed by atoms with Gasteiger partial charge in [0.05, 0.1) is 6.07 Å². The van der Waals surface area contributed by atoms with E-state index in [1.165, 1.54) is 0 Å². The number of nitriles is 1. The van der Waals surface area contributed by atoms with Crippen molar-refractivity contribution in [1.29, 1.82) is 5.26 Å². The summed E-state index contributed by atoms with van der Waals surface area (Å²) in [7, 11) is 0. The van der Waals surface area contributed by atoms with Gasteiger partial charge in [-0.3, -0.25) is 9.59 Å². The van der Waals surface area contributed by atoms with Crippen LogP contribution < -0.4 is 5.32 Å². The second-order valence-corrected chi connectivity index (χ2v) is 6.14. The molecular formula is C18H18N2O2S. The van der Waals surface area contributed by atoms with Gasteiger partial charge in [0, 0.05) is 13.0 Å². The smallest absolute Gasteiger partial charge is 0.245 e. The first kappa shape index (κ1) is 16.9. The third-order valence-corrected chi connectivity index (χ3v) is 4.27. The van der Waals surface area contributed by atoms with Gasteiger partial charge in [0.25, 0.3) is 0 Å². The summed E-state index contributed by atoms with van der Waals surface area (Å²) in [5.74, 6) is -2.09. The van der Waals surface area contributed by atoms with Crippen LogP contribution in [-0.2, 0) is 22.6 Å². The molecule has 4 nitrogen and oxygen atoms in total. The normalized spacial score (nSPS) is 11.5. The summed E-state index contributed by atoms with van der Waals surface area (Å²) in [5.41, 5.74) is 3.13. The Morgan fingerprint density at radius 3 is 2.57 bits per heavy atom. The van der Waals surface area contributed by atoms with E-state index in [2.05, 4.69) is 5.32 Å². The zero-order chi connectivity index (χ0) is 16.7. The van der Waals surface area contributed by atoms with E-state index in [9.17, 15) is 9.59 Å². The third-order valence-electron chi connectivity index (χ3n) is 3.54. The first-order valence-corrected chi connectivity index (χ1v) is 8.31. The maximum absolute atomic E-state index is 12.1. The van der Waals surface area contributed by atoms with E-state index in [0.29, 0.717) is 13.0 Å². The molecule has 0 saturated carbocycles. The fraction of sp³-hybridized carbons (Fsp3) is 0.278. The molecule has 1 heterocycles. The lowest BCUT2D eigenvalue weighted by Crippen LogP contribution is -2.34. The summed E-state index contributed by atoms with van der Waals surface area (Å²) in [6, 6.07) is 11.5. The summed E-state index contributed by atoms with van der Waals surface area (Å²) in [4.78, 5) is 24.2. The molecule has 0 aliphatic carbocycles. The van der Waals surface area contributed by atoms with Crippen LogP contribution in [0.25, 0.3) is 0 Å². The molecule has 1 atom stereocenters. The van der Waals surface area contributed by atoms with Crippen LogP contribution in [0.1, 0.15) is 23.1 Å². The fourth-order valence-electron chi connectivity index (χ4n) is 2.12. The van der Waals surface area contributed by atoms with Crippen LogP contribution >= 0.6 is 11.3 Å². The second kappa shape index (κ2) is 8.25. The molecule has 1 amide bonds.